The number of halogens is 2. The Balaban J connectivity index is 1.53. The molecule has 0 aliphatic rings. The third kappa shape index (κ3) is 6.58. The van der Waals surface area contributed by atoms with Gasteiger partial charge in [-0.3, -0.25) is 9.59 Å². The van der Waals surface area contributed by atoms with E-state index in [1.54, 1.807) is 42.5 Å². The van der Waals surface area contributed by atoms with Crippen molar-refractivity contribution in [2.45, 2.75) is 26.2 Å². The summed E-state index contributed by atoms with van der Waals surface area (Å²) in [6.45, 7) is 6.24. The second-order valence-corrected chi connectivity index (χ2v) is 9.56. The van der Waals surface area contributed by atoms with Crippen LogP contribution in [0.2, 0.25) is 5.02 Å². The largest absolute Gasteiger partial charge is 0.483 e. The van der Waals surface area contributed by atoms with Gasteiger partial charge in [-0.1, -0.05) is 44.5 Å². The highest BCUT2D eigenvalue weighted by molar-refractivity contribution is 9.10. The molecule has 0 aliphatic heterocycles. The summed E-state index contributed by atoms with van der Waals surface area (Å²) >= 11 is 9.24. The molecule has 0 atom stereocenters. The van der Waals surface area contributed by atoms with Crippen LogP contribution in [-0.4, -0.2) is 18.4 Å². The molecule has 0 unspecified atom stereocenters. The van der Waals surface area contributed by atoms with E-state index in [9.17, 15) is 9.59 Å². The van der Waals surface area contributed by atoms with Gasteiger partial charge in [0.15, 0.2) is 6.61 Å². The van der Waals surface area contributed by atoms with Crippen LogP contribution in [0.25, 0.3) is 0 Å². The average Bonchev–Trinajstić information content (AvgIpc) is 2.74. The molecule has 2 amide bonds. The summed E-state index contributed by atoms with van der Waals surface area (Å²) in [5.41, 5.74) is 3.02. The number of carbonyl (C=O) groups is 2. The lowest BCUT2D eigenvalue weighted by molar-refractivity contribution is -0.118. The van der Waals surface area contributed by atoms with E-state index >= 15 is 0 Å². The first-order valence-corrected chi connectivity index (χ1v) is 11.2. The van der Waals surface area contributed by atoms with Crippen LogP contribution in [0.1, 0.15) is 36.7 Å². The normalized spacial score (nSPS) is 11.0. The van der Waals surface area contributed by atoms with Crippen molar-refractivity contribution in [1.29, 1.82) is 0 Å². The van der Waals surface area contributed by atoms with Gasteiger partial charge in [0.1, 0.15) is 5.75 Å². The number of amides is 2. The minimum Gasteiger partial charge on any atom is -0.483 e. The third-order valence-corrected chi connectivity index (χ3v) is 5.55. The molecule has 3 rings (SSSR count). The van der Waals surface area contributed by atoms with Gasteiger partial charge in [0, 0.05) is 22.0 Å². The van der Waals surface area contributed by atoms with Crippen molar-refractivity contribution >= 4 is 50.7 Å². The molecule has 0 aromatic heterocycles. The van der Waals surface area contributed by atoms with Gasteiger partial charge in [-0.25, -0.2) is 0 Å². The number of carbonyl (C=O) groups excluding carboxylic acids is 2. The zero-order valence-corrected chi connectivity index (χ0v) is 20.4. The lowest BCUT2D eigenvalue weighted by atomic mass is 9.87. The fraction of sp³-hybridized carbons (Fsp3) is 0.200. The van der Waals surface area contributed by atoms with Crippen molar-refractivity contribution < 1.29 is 14.3 Å². The van der Waals surface area contributed by atoms with E-state index in [1.165, 1.54) is 5.56 Å². The van der Waals surface area contributed by atoms with Crippen molar-refractivity contribution in [1.82, 2.24) is 0 Å². The molecular weight excluding hydrogens is 492 g/mol. The molecule has 7 heteroatoms. The molecule has 0 heterocycles. The quantitative estimate of drug-likeness (QED) is 0.385. The summed E-state index contributed by atoms with van der Waals surface area (Å²) in [5, 5.41) is 6.19. The van der Waals surface area contributed by atoms with Crippen LogP contribution in [-0.2, 0) is 10.2 Å². The maximum atomic E-state index is 12.5. The summed E-state index contributed by atoms with van der Waals surface area (Å²) in [6.07, 6.45) is 0. The van der Waals surface area contributed by atoms with E-state index in [4.69, 9.17) is 16.3 Å². The molecule has 0 bridgehead atoms. The highest BCUT2D eigenvalue weighted by Gasteiger charge is 2.14. The SMILES string of the molecule is CC(C)(C)c1ccc(C(=O)Nc2ccc(NC(=O)COc3ccc(Cl)cc3Br)cc2)cc1. The zero-order chi connectivity index (χ0) is 23.3. The number of hydrogen-bond donors (Lipinski definition) is 2. The fourth-order valence-corrected chi connectivity index (χ4v) is 3.69. The maximum Gasteiger partial charge on any atom is 0.262 e. The Morgan fingerprint density at radius 2 is 1.50 bits per heavy atom. The van der Waals surface area contributed by atoms with Crippen LogP contribution in [0.3, 0.4) is 0 Å². The predicted molar refractivity (Wildman–Crippen MR) is 133 cm³/mol. The molecule has 0 radical (unpaired) electrons. The van der Waals surface area contributed by atoms with Crippen LogP contribution in [0.5, 0.6) is 5.75 Å². The Bertz CT molecular complexity index is 1110. The maximum absolute atomic E-state index is 12.5. The molecule has 5 nitrogen and oxygen atoms in total. The van der Waals surface area contributed by atoms with Gasteiger partial charge >= 0.3 is 0 Å². The van der Waals surface area contributed by atoms with Gasteiger partial charge in [0.05, 0.1) is 4.47 Å². The monoisotopic (exact) mass is 514 g/mol. The Labute approximate surface area is 201 Å². The van der Waals surface area contributed by atoms with E-state index in [2.05, 4.69) is 47.3 Å². The summed E-state index contributed by atoms with van der Waals surface area (Å²) in [5.74, 6) is 0.0323. The van der Waals surface area contributed by atoms with Crippen LogP contribution < -0.4 is 15.4 Å². The van der Waals surface area contributed by atoms with Crippen LogP contribution in [0, 0.1) is 0 Å². The standard InChI is InChI=1S/C25H24BrClN2O3/c1-25(2,3)17-6-4-16(5-7-17)24(31)29-20-11-9-19(10-12-20)28-23(30)15-32-22-13-8-18(27)14-21(22)26/h4-14H,15H2,1-3H3,(H,28,30)(H,29,31). The Hall–Kier alpha value is -2.83. The fourth-order valence-electron chi connectivity index (χ4n) is 2.89. The zero-order valence-electron chi connectivity index (χ0n) is 18.0. The first-order chi connectivity index (χ1) is 15.1. The second kappa shape index (κ2) is 10.2. The van der Waals surface area contributed by atoms with Crippen molar-refractivity contribution in [2.75, 3.05) is 17.2 Å². The van der Waals surface area contributed by atoms with Crippen molar-refractivity contribution in [3.05, 3.63) is 87.4 Å². The number of nitrogens with one attached hydrogen (secondary N) is 2. The first-order valence-electron chi connectivity index (χ1n) is 10.0. The summed E-state index contributed by atoms with van der Waals surface area (Å²) in [7, 11) is 0. The molecule has 166 valence electrons. The molecule has 0 fully saturated rings. The first kappa shape index (κ1) is 23.8. The van der Waals surface area contributed by atoms with E-state index in [0.717, 1.165) is 0 Å². The van der Waals surface area contributed by atoms with Crippen LogP contribution in [0.15, 0.2) is 71.2 Å². The Morgan fingerprint density at radius 1 is 0.906 bits per heavy atom. The van der Waals surface area contributed by atoms with Crippen molar-refractivity contribution in [3.8, 4) is 5.75 Å². The predicted octanol–water partition coefficient (Wildman–Crippen LogP) is 6.67. The van der Waals surface area contributed by atoms with Crippen molar-refractivity contribution in [3.63, 3.8) is 0 Å². The van der Waals surface area contributed by atoms with E-state index < -0.39 is 0 Å². The molecule has 0 saturated heterocycles. The van der Waals surface area contributed by atoms with E-state index in [0.29, 0.717) is 32.2 Å². The van der Waals surface area contributed by atoms with Gasteiger partial charge in [-0.2, -0.15) is 0 Å². The Morgan fingerprint density at radius 3 is 2.06 bits per heavy atom. The number of hydrogen-bond acceptors (Lipinski definition) is 3. The van der Waals surface area contributed by atoms with Gasteiger partial charge in [-0.15, -0.1) is 0 Å². The molecule has 3 aromatic carbocycles. The molecule has 2 N–H and O–H groups in total. The van der Waals surface area contributed by atoms with Gasteiger partial charge < -0.3 is 15.4 Å². The number of rotatable bonds is 6. The van der Waals surface area contributed by atoms with E-state index in [1.807, 2.05) is 24.3 Å². The van der Waals surface area contributed by atoms with Crippen molar-refractivity contribution in [2.24, 2.45) is 0 Å². The number of benzene rings is 3. The summed E-state index contributed by atoms with van der Waals surface area (Å²) < 4.78 is 6.18. The lowest BCUT2D eigenvalue weighted by Crippen LogP contribution is -2.20. The molecule has 3 aromatic rings. The minimum atomic E-state index is -0.303. The highest BCUT2D eigenvalue weighted by Crippen LogP contribution is 2.28. The number of ether oxygens (including phenoxy) is 1. The smallest absolute Gasteiger partial charge is 0.262 e. The molecule has 0 saturated carbocycles. The van der Waals surface area contributed by atoms with Gasteiger partial charge in [-0.05, 0) is 81.5 Å². The minimum absolute atomic E-state index is 0.0334. The van der Waals surface area contributed by atoms with Crippen LogP contribution in [0.4, 0.5) is 11.4 Å². The topological polar surface area (TPSA) is 67.4 Å². The Kier molecular flexibility index (Phi) is 7.59. The second-order valence-electron chi connectivity index (χ2n) is 8.27. The van der Waals surface area contributed by atoms with Gasteiger partial charge in [0.2, 0.25) is 0 Å². The summed E-state index contributed by atoms with van der Waals surface area (Å²) in [4.78, 5) is 24.7. The number of anilines is 2. The molecule has 0 aliphatic carbocycles. The molecule has 0 spiro atoms. The molecule has 32 heavy (non-hydrogen) atoms. The lowest BCUT2D eigenvalue weighted by Gasteiger charge is -2.19. The third-order valence-electron chi connectivity index (χ3n) is 4.69. The molecular formula is C25H24BrClN2O3. The summed E-state index contributed by atoms with van der Waals surface area (Å²) in [6, 6.07) is 19.5. The highest BCUT2D eigenvalue weighted by atomic mass is 79.9. The van der Waals surface area contributed by atoms with Crippen LogP contribution >= 0.6 is 27.5 Å². The van der Waals surface area contributed by atoms with E-state index in [-0.39, 0.29) is 23.8 Å². The average molecular weight is 516 g/mol. The van der Waals surface area contributed by atoms with Gasteiger partial charge in [0.25, 0.3) is 11.8 Å².